The van der Waals surface area contributed by atoms with Crippen LogP contribution in [0.3, 0.4) is 0 Å². The minimum atomic E-state index is -0.219. The number of hydrogen-bond donors (Lipinski definition) is 0. The number of aryl methyl sites for hydroxylation is 1. The van der Waals surface area contributed by atoms with Crippen LogP contribution in [0, 0.1) is 0 Å². The summed E-state index contributed by atoms with van der Waals surface area (Å²) in [5.41, 5.74) is 1.44. The van der Waals surface area contributed by atoms with E-state index in [2.05, 4.69) is 9.97 Å². The van der Waals surface area contributed by atoms with Crippen molar-refractivity contribution in [2.45, 2.75) is 13.5 Å². The predicted octanol–water partition coefficient (Wildman–Crippen LogP) is 1.92. The first-order chi connectivity index (χ1) is 8.31. The first-order valence-electron chi connectivity index (χ1n) is 5.54. The predicted molar refractivity (Wildman–Crippen MR) is 66.1 cm³/mol. The Kier molecular flexibility index (Phi) is 2.14. The van der Waals surface area contributed by atoms with Gasteiger partial charge in [0.15, 0.2) is 0 Å². The molecule has 1 aromatic carbocycles. The summed E-state index contributed by atoms with van der Waals surface area (Å²) in [5, 5.41) is 1.04. The summed E-state index contributed by atoms with van der Waals surface area (Å²) in [4.78, 5) is 19.7. The van der Waals surface area contributed by atoms with Gasteiger partial charge in [0.25, 0.3) is 5.56 Å². The van der Waals surface area contributed by atoms with E-state index in [9.17, 15) is 4.79 Å². The van der Waals surface area contributed by atoms with Gasteiger partial charge in [0, 0.05) is 12.1 Å². The van der Waals surface area contributed by atoms with Gasteiger partial charge in [-0.25, -0.2) is 4.98 Å². The van der Waals surface area contributed by atoms with Crippen molar-refractivity contribution in [1.82, 2.24) is 14.5 Å². The molecule has 0 unspecified atom stereocenters. The van der Waals surface area contributed by atoms with E-state index in [1.165, 1.54) is 6.33 Å². The van der Waals surface area contributed by atoms with Gasteiger partial charge in [-0.2, -0.15) is 4.98 Å². The summed E-state index contributed by atoms with van der Waals surface area (Å²) < 4.78 is 2.04. The van der Waals surface area contributed by atoms with Gasteiger partial charge >= 0.3 is 0 Å². The Morgan fingerprint density at radius 1 is 1.24 bits per heavy atom. The molecule has 0 aromatic heterocycles. The van der Waals surface area contributed by atoms with Gasteiger partial charge in [-0.05, 0) is 24.4 Å². The normalized spacial score (nSPS) is 11.1. The average Bonchev–Trinajstić information content (AvgIpc) is 2.37. The Balaban J connectivity index is 2.58. The highest BCUT2D eigenvalue weighted by molar-refractivity contribution is 5.85. The molecular formula is C13H11N3O. The molecule has 2 aliphatic rings. The number of aromatic nitrogens is 3. The van der Waals surface area contributed by atoms with E-state index in [-0.39, 0.29) is 5.56 Å². The second-order valence-electron chi connectivity index (χ2n) is 3.86. The molecule has 0 atom stereocenters. The third kappa shape index (κ3) is 1.41. The smallest absolute Gasteiger partial charge is 0.282 e. The number of nitrogens with zero attached hydrogens (tertiary/aromatic N) is 3. The summed E-state index contributed by atoms with van der Waals surface area (Å²) in [5.74, 6) is 0.700. The van der Waals surface area contributed by atoms with Gasteiger partial charge < -0.3 is 4.57 Å². The first kappa shape index (κ1) is 9.96. The first-order valence-corrected chi connectivity index (χ1v) is 5.54. The van der Waals surface area contributed by atoms with Gasteiger partial charge in [0.1, 0.15) is 12.2 Å². The number of pyridine rings is 1. The Hall–Kier alpha value is -2.23. The molecule has 0 radical (unpaired) electrons. The molecule has 4 heteroatoms. The van der Waals surface area contributed by atoms with E-state index in [1.54, 1.807) is 0 Å². The topological polar surface area (TPSA) is 47.8 Å². The fourth-order valence-corrected chi connectivity index (χ4v) is 2.16. The molecule has 17 heavy (non-hydrogen) atoms. The van der Waals surface area contributed by atoms with Crippen molar-refractivity contribution in [1.29, 1.82) is 0 Å². The largest absolute Gasteiger partial charge is 0.325 e. The maximum absolute atomic E-state index is 11.7. The highest BCUT2D eigenvalue weighted by atomic mass is 16.1. The molecule has 0 spiro atoms. The fraction of sp³-hybridized carbons (Fsp3) is 0.154. The summed E-state index contributed by atoms with van der Waals surface area (Å²) in [7, 11) is 0. The Bertz CT molecular complexity index is 717. The monoisotopic (exact) mass is 225 g/mol. The molecule has 2 aliphatic heterocycles. The molecule has 0 saturated carbocycles. The standard InChI is InChI=1S/C13H11N3O/c1-2-16-11-6-4-3-5-9(11)7-10-12(16)14-8-15-13(10)17/h3-8H,2H2,1H3. The highest BCUT2D eigenvalue weighted by Gasteiger charge is 2.13. The zero-order valence-corrected chi connectivity index (χ0v) is 9.42. The van der Waals surface area contributed by atoms with Crippen LogP contribution >= 0.6 is 0 Å². The van der Waals surface area contributed by atoms with Crippen LogP contribution in [0.5, 0.6) is 0 Å². The van der Waals surface area contributed by atoms with Crippen molar-refractivity contribution in [2.24, 2.45) is 0 Å². The quantitative estimate of drug-likeness (QED) is 0.594. The zero-order chi connectivity index (χ0) is 11.8. The van der Waals surface area contributed by atoms with E-state index >= 15 is 0 Å². The Morgan fingerprint density at radius 3 is 2.88 bits per heavy atom. The molecule has 0 aliphatic carbocycles. The van der Waals surface area contributed by atoms with Crippen LogP contribution in [0.2, 0.25) is 0 Å². The fourth-order valence-electron chi connectivity index (χ4n) is 2.16. The molecule has 4 nitrogen and oxygen atoms in total. The van der Waals surface area contributed by atoms with E-state index < -0.39 is 0 Å². The maximum Gasteiger partial charge on any atom is 0.282 e. The number of para-hydroxylation sites is 1. The highest BCUT2D eigenvalue weighted by Crippen LogP contribution is 2.23. The third-order valence-corrected chi connectivity index (χ3v) is 2.93. The zero-order valence-electron chi connectivity index (χ0n) is 9.42. The molecule has 84 valence electrons. The lowest BCUT2D eigenvalue weighted by Gasteiger charge is -2.15. The molecule has 0 amide bonds. The van der Waals surface area contributed by atoms with Crippen molar-refractivity contribution in [3.63, 3.8) is 0 Å². The van der Waals surface area contributed by atoms with Gasteiger partial charge in [-0.3, -0.25) is 4.79 Å². The van der Waals surface area contributed by atoms with Crippen LogP contribution in [-0.4, -0.2) is 14.5 Å². The average molecular weight is 225 g/mol. The molecule has 0 fully saturated rings. The molecule has 3 rings (SSSR count). The van der Waals surface area contributed by atoms with E-state index in [0.717, 1.165) is 17.4 Å². The van der Waals surface area contributed by atoms with Crippen molar-refractivity contribution >= 4 is 10.9 Å². The number of rotatable bonds is 1. The van der Waals surface area contributed by atoms with Crippen LogP contribution in [0.15, 0.2) is 41.5 Å². The molecule has 0 N–H and O–H groups in total. The molecule has 0 bridgehead atoms. The Labute approximate surface area is 97.9 Å². The van der Waals surface area contributed by atoms with E-state index in [1.807, 2.05) is 41.8 Å². The maximum atomic E-state index is 11.7. The van der Waals surface area contributed by atoms with Gasteiger partial charge in [0.2, 0.25) is 0 Å². The number of benzene rings is 1. The van der Waals surface area contributed by atoms with Crippen LogP contribution < -0.4 is 5.56 Å². The lowest BCUT2D eigenvalue weighted by molar-refractivity contribution is 0.774. The van der Waals surface area contributed by atoms with Crippen LogP contribution in [0.4, 0.5) is 0 Å². The van der Waals surface area contributed by atoms with Crippen molar-refractivity contribution in [2.75, 3.05) is 0 Å². The summed E-state index contributed by atoms with van der Waals surface area (Å²) in [6.07, 6.45) is 1.32. The summed E-state index contributed by atoms with van der Waals surface area (Å²) in [6.45, 7) is 2.81. The number of fused-ring (bicyclic) bond motifs is 2. The lowest BCUT2D eigenvalue weighted by atomic mass is 10.1. The van der Waals surface area contributed by atoms with Crippen LogP contribution in [0.25, 0.3) is 22.3 Å². The molecule has 2 heterocycles. The van der Waals surface area contributed by atoms with Gasteiger partial charge in [-0.1, -0.05) is 18.2 Å². The van der Waals surface area contributed by atoms with Gasteiger partial charge in [-0.15, -0.1) is 0 Å². The van der Waals surface area contributed by atoms with Crippen molar-refractivity contribution < 1.29 is 0 Å². The molecule has 0 saturated heterocycles. The summed E-state index contributed by atoms with van der Waals surface area (Å²) >= 11 is 0. The second kappa shape index (κ2) is 3.66. The van der Waals surface area contributed by atoms with E-state index in [0.29, 0.717) is 11.4 Å². The van der Waals surface area contributed by atoms with Crippen LogP contribution in [0.1, 0.15) is 6.92 Å². The van der Waals surface area contributed by atoms with Gasteiger partial charge in [0.05, 0.1) is 5.56 Å². The van der Waals surface area contributed by atoms with Crippen molar-refractivity contribution in [3.8, 4) is 11.4 Å². The minimum Gasteiger partial charge on any atom is -0.325 e. The van der Waals surface area contributed by atoms with Crippen molar-refractivity contribution in [3.05, 3.63) is 47.0 Å². The SMILES string of the molecule is CCn1c2ncnc(=O)c-2cc2ccccc21. The third-order valence-electron chi connectivity index (χ3n) is 2.93. The van der Waals surface area contributed by atoms with E-state index in [4.69, 9.17) is 0 Å². The minimum absolute atomic E-state index is 0.219. The Morgan fingerprint density at radius 2 is 2.06 bits per heavy atom. The second-order valence-corrected chi connectivity index (χ2v) is 3.86. The van der Waals surface area contributed by atoms with Crippen LogP contribution in [-0.2, 0) is 6.54 Å². The lowest BCUT2D eigenvalue weighted by Crippen LogP contribution is -2.16. The number of hydrogen-bond acceptors (Lipinski definition) is 3. The summed E-state index contributed by atoms with van der Waals surface area (Å²) in [6, 6.07) is 9.83. The molecular weight excluding hydrogens is 214 g/mol. The molecule has 1 aromatic rings.